The van der Waals surface area contributed by atoms with Crippen LogP contribution in [0.2, 0.25) is 0 Å². The van der Waals surface area contributed by atoms with Crippen molar-refractivity contribution in [1.29, 1.82) is 0 Å². The minimum absolute atomic E-state index is 0.0702. The number of hydrogen-bond donors (Lipinski definition) is 0. The molecular weight excluding hydrogens is 578 g/mol. The quantitative estimate of drug-likeness (QED) is 0.214. The summed E-state index contributed by atoms with van der Waals surface area (Å²) in [6.45, 7) is 3.01. The molecule has 0 radical (unpaired) electrons. The van der Waals surface area contributed by atoms with Crippen LogP contribution in [0.4, 0.5) is 5.69 Å². The number of piperidine rings is 1. The van der Waals surface area contributed by atoms with Crippen molar-refractivity contribution in [1.82, 2.24) is 9.80 Å². The molecule has 4 bridgehead atoms. The molecular formula is C42H41N3O2. The summed E-state index contributed by atoms with van der Waals surface area (Å²) in [5.74, 6) is 1.31. The van der Waals surface area contributed by atoms with Crippen molar-refractivity contribution >= 4 is 17.3 Å². The van der Waals surface area contributed by atoms with E-state index in [4.69, 9.17) is 9.73 Å². The number of amides is 1. The lowest BCUT2D eigenvalue weighted by Crippen LogP contribution is -2.74. The Morgan fingerprint density at radius 2 is 1.49 bits per heavy atom. The van der Waals surface area contributed by atoms with E-state index in [-0.39, 0.29) is 29.1 Å². The summed E-state index contributed by atoms with van der Waals surface area (Å²) in [6.07, 6.45) is 6.97. The van der Waals surface area contributed by atoms with Gasteiger partial charge in [0.15, 0.2) is 0 Å². The van der Waals surface area contributed by atoms with E-state index in [0.29, 0.717) is 18.5 Å². The van der Waals surface area contributed by atoms with E-state index in [1.54, 1.807) is 0 Å². The van der Waals surface area contributed by atoms with Crippen molar-refractivity contribution in [2.24, 2.45) is 16.8 Å². The second kappa shape index (κ2) is 10.5. The summed E-state index contributed by atoms with van der Waals surface area (Å²) in [5, 5.41) is 0. The molecule has 3 aliphatic carbocycles. The van der Waals surface area contributed by atoms with Crippen LogP contribution in [0.25, 0.3) is 0 Å². The third kappa shape index (κ3) is 4.09. The minimum Gasteiger partial charge on any atom is -0.367 e. The second-order valence-corrected chi connectivity index (χ2v) is 14.9. The standard InChI is InChI=1S/C42H41N3O2/c46-40(31-14-8-3-9-15-31)45-27-36-38-35(45)20-21-42(47-36)37-24-32-18-19-33(25-34(32)41(38,42)22-23-44(37)26-28-16-17-28)43-39(29-10-4-1-5-11-29)30-12-6-2-7-13-30/h1-15,18-19,25,28,35-38H,16-17,20-24,26-27H2/t35?,36-,37?,38?,41?,42?/m1/s1. The summed E-state index contributed by atoms with van der Waals surface area (Å²) in [7, 11) is 0. The number of aliphatic imine (C=N–C) groups is 1. The lowest BCUT2D eigenvalue weighted by Gasteiger charge is -2.64. The first-order valence-corrected chi connectivity index (χ1v) is 17.8. The molecule has 5 unspecified atom stereocenters. The van der Waals surface area contributed by atoms with Crippen LogP contribution in [0.3, 0.4) is 0 Å². The molecule has 0 aromatic heterocycles. The first-order chi connectivity index (χ1) is 23.1. The lowest BCUT2D eigenvalue weighted by molar-refractivity contribution is -0.170. The number of carbonyl (C=O) groups excluding carboxylic acids is 1. The molecule has 236 valence electrons. The van der Waals surface area contributed by atoms with Gasteiger partial charge >= 0.3 is 0 Å². The predicted molar refractivity (Wildman–Crippen MR) is 184 cm³/mol. The van der Waals surface area contributed by atoms with Crippen LogP contribution in [0, 0.1) is 11.8 Å². The Labute approximate surface area is 277 Å². The molecule has 47 heavy (non-hydrogen) atoms. The van der Waals surface area contributed by atoms with Crippen LogP contribution in [0.5, 0.6) is 0 Å². The fourth-order valence-electron chi connectivity index (χ4n) is 10.7. The summed E-state index contributed by atoms with van der Waals surface area (Å²) in [6, 6.07) is 38.6. The van der Waals surface area contributed by atoms with Gasteiger partial charge < -0.3 is 9.64 Å². The van der Waals surface area contributed by atoms with Crippen molar-refractivity contribution in [3.63, 3.8) is 0 Å². The Bertz CT molecular complexity index is 1830. The smallest absolute Gasteiger partial charge is 0.254 e. The van der Waals surface area contributed by atoms with Gasteiger partial charge in [-0.25, -0.2) is 4.99 Å². The maximum atomic E-state index is 14.0. The number of ether oxygens (including phenoxy) is 1. The molecule has 0 N–H and O–H groups in total. The van der Waals surface area contributed by atoms with E-state index in [2.05, 4.69) is 88.7 Å². The Hall–Kier alpha value is -4.06. The molecule has 0 spiro atoms. The Morgan fingerprint density at radius 3 is 2.17 bits per heavy atom. The van der Waals surface area contributed by atoms with E-state index < -0.39 is 0 Å². The molecule has 6 aliphatic rings. The van der Waals surface area contributed by atoms with E-state index in [1.165, 1.54) is 30.5 Å². The monoisotopic (exact) mass is 619 g/mol. The van der Waals surface area contributed by atoms with Gasteiger partial charge in [-0.15, -0.1) is 0 Å². The Balaban J connectivity index is 1.11. The first kappa shape index (κ1) is 28.0. The van der Waals surface area contributed by atoms with Crippen LogP contribution in [-0.2, 0) is 16.6 Å². The van der Waals surface area contributed by atoms with Crippen LogP contribution in [0.1, 0.15) is 64.7 Å². The summed E-state index contributed by atoms with van der Waals surface area (Å²) < 4.78 is 7.52. The highest BCUT2D eigenvalue weighted by Gasteiger charge is 2.78. The summed E-state index contributed by atoms with van der Waals surface area (Å²) in [5.41, 5.74) is 7.62. The van der Waals surface area contributed by atoms with Gasteiger partial charge in [0, 0.05) is 53.2 Å². The van der Waals surface area contributed by atoms with E-state index in [1.807, 2.05) is 30.3 Å². The zero-order chi connectivity index (χ0) is 31.2. The number of nitrogens with zero attached hydrogens (tertiary/aromatic N) is 3. The highest BCUT2D eigenvalue weighted by Crippen LogP contribution is 2.70. The van der Waals surface area contributed by atoms with Crippen molar-refractivity contribution < 1.29 is 9.53 Å². The molecule has 5 fully saturated rings. The predicted octanol–water partition coefficient (Wildman–Crippen LogP) is 7.21. The average molecular weight is 620 g/mol. The number of benzene rings is 4. The lowest BCUT2D eigenvalue weighted by atomic mass is 9.46. The fraction of sp³-hybridized carbons (Fsp3) is 0.381. The molecule has 2 saturated carbocycles. The van der Waals surface area contributed by atoms with E-state index in [9.17, 15) is 4.79 Å². The molecule has 4 aromatic rings. The van der Waals surface area contributed by atoms with Crippen molar-refractivity contribution in [2.75, 3.05) is 19.6 Å². The number of carbonyl (C=O) groups is 1. The fourth-order valence-corrected chi connectivity index (χ4v) is 10.7. The molecule has 3 aliphatic heterocycles. The largest absolute Gasteiger partial charge is 0.367 e. The highest BCUT2D eigenvalue weighted by atomic mass is 16.5. The van der Waals surface area contributed by atoms with E-state index >= 15 is 0 Å². The van der Waals surface area contributed by atoms with Crippen LogP contribution >= 0.6 is 0 Å². The SMILES string of the molecule is O=C(c1ccccc1)N1C[C@H]2OC34CCC1C2C31CCN(CC2CC2)C4Cc2ccc(N=C(c3ccccc3)c3ccccc3)cc21. The first-order valence-electron chi connectivity index (χ1n) is 17.8. The molecule has 3 heterocycles. The molecule has 5 nitrogen and oxygen atoms in total. The second-order valence-electron chi connectivity index (χ2n) is 14.9. The maximum Gasteiger partial charge on any atom is 0.254 e. The van der Waals surface area contributed by atoms with Gasteiger partial charge in [-0.05, 0) is 86.4 Å². The third-order valence-electron chi connectivity index (χ3n) is 12.7. The van der Waals surface area contributed by atoms with Gasteiger partial charge in [-0.1, -0.05) is 84.9 Å². The number of rotatable bonds is 6. The van der Waals surface area contributed by atoms with Gasteiger partial charge in [0.2, 0.25) is 0 Å². The molecule has 1 amide bonds. The summed E-state index contributed by atoms with van der Waals surface area (Å²) >= 11 is 0. The van der Waals surface area contributed by atoms with Crippen molar-refractivity contribution in [2.45, 2.75) is 67.7 Å². The van der Waals surface area contributed by atoms with Crippen molar-refractivity contribution in [3.8, 4) is 0 Å². The molecule has 3 saturated heterocycles. The van der Waals surface area contributed by atoms with Crippen LogP contribution in [-0.4, -0.2) is 64.8 Å². The van der Waals surface area contributed by atoms with Gasteiger partial charge in [0.25, 0.3) is 5.91 Å². The third-order valence-corrected chi connectivity index (χ3v) is 12.7. The Morgan fingerprint density at radius 1 is 0.809 bits per heavy atom. The normalized spacial score (nSPS) is 31.6. The topological polar surface area (TPSA) is 45.1 Å². The molecule has 4 aromatic carbocycles. The van der Waals surface area contributed by atoms with E-state index in [0.717, 1.165) is 66.2 Å². The average Bonchev–Trinajstić information content (AvgIpc) is 3.82. The van der Waals surface area contributed by atoms with Crippen LogP contribution in [0.15, 0.2) is 114 Å². The van der Waals surface area contributed by atoms with Gasteiger partial charge in [-0.3, -0.25) is 9.69 Å². The zero-order valence-electron chi connectivity index (χ0n) is 26.8. The highest BCUT2D eigenvalue weighted by molar-refractivity contribution is 6.14. The molecule has 6 atom stereocenters. The minimum atomic E-state index is -0.203. The summed E-state index contributed by atoms with van der Waals surface area (Å²) in [4.78, 5) is 24.4. The van der Waals surface area contributed by atoms with Gasteiger partial charge in [-0.2, -0.15) is 0 Å². The number of likely N-dealkylation sites (tertiary alicyclic amines) is 2. The number of fused-ring (bicyclic) bond motifs is 1. The van der Waals surface area contributed by atoms with Gasteiger partial charge in [0.05, 0.1) is 23.1 Å². The maximum absolute atomic E-state index is 14.0. The number of hydrogen-bond acceptors (Lipinski definition) is 4. The molecule has 5 heteroatoms. The van der Waals surface area contributed by atoms with Crippen LogP contribution < -0.4 is 0 Å². The Kier molecular flexibility index (Phi) is 6.24. The molecule has 10 rings (SSSR count). The van der Waals surface area contributed by atoms with Gasteiger partial charge in [0.1, 0.15) is 0 Å². The zero-order valence-corrected chi connectivity index (χ0v) is 26.8. The van der Waals surface area contributed by atoms with Crippen molar-refractivity contribution in [3.05, 3.63) is 137 Å².